The topological polar surface area (TPSA) is 97.3 Å². The zero-order valence-corrected chi connectivity index (χ0v) is 11.9. The lowest BCUT2D eigenvalue weighted by molar-refractivity contribution is -0.134. The quantitative estimate of drug-likeness (QED) is 0.762. The number of piperazine rings is 1. The summed E-state index contributed by atoms with van der Waals surface area (Å²) < 4.78 is 1.57. The molecule has 8 heteroatoms. The molecule has 114 valence electrons. The van der Waals surface area contributed by atoms with Crippen molar-refractivity contribution < 1.29 is 9.59 Å². The van der Waals surface area contributed by atoms with Crippen LogP contribution >= 0.6 is 0 Å². The normalized spacial score (nSPS) is 18.9. The minimum Gasteiger partial charge on any atom is -0.339 e. The van der Waals surface area contributed by atoms with Crippen molar-refractivity contribution in [3.63, 3.8) is 0 Å². The summed E-state index contributed by atoms with van der Waals surface area (Å²) in [6.07, 6.45) is 3.65. The van der Waals surface area contributed by atoms with Gasteiger partial charge < -0.3 is 15.5 Å². The van der Waals surface area contributed by atoms with Crippen LogP contribution < -0.4 is 5.73 Å². The van der Waals surface area contributed by atoms with Crippen LogP contribution in [0.2, 0.25) is 0 Å². The van der Waals surface area contributed by atoms with E-state index in [9.17, 15) is 9.59 Å². The molecule has 0 atom stereocenters. The van der Waals surface area contributed by atoms with Gasteiger partial charge in [-0.3, -0.25) is 14.3 Å². The maximum atomic E-state index is 12.3. The van der Waals surface area contributed by atoms with E-state index in [-0.39, 0.29) is 17.7 Å². The number of hydrogen-bond acceptors (Lipinski definition) is 5. The van der Waals surface area contributed by atoms with Gasteiger partial charge in [-0.1, -0.05) is 5.21 Å². The molecule has 0 aromatic carbocycles. The maximum absolute atomic E-state index is 12.3. The molecule has 1 aliphatic carbocycles. The third kappa shape index (κ3) is 3.05. The Morgan fingerprint density at radius 2 is 1.86 bits per heavy atom. The summed E-state index contributed by atoms with van der Waals surface area (Å²) in [5.41, 5.74) is 5.78. The molecule has 1 aromatic heterocycles. The second-order valence-corrected chi connectivity index (χ2v) is 5.55. The molecule has 21 heavy (non-hydrogen) atoms. The van der Waals surface area contributed by atoms with Gasteiger partial charge in [0.05, 0.1) is 12.7 Å². The second-order valence-electron chi connectivity index (χ2n) is 5.55. The van der Waals surface area contributed by atoms with Crippen LogP contribution in [0.4, 0.5) is 0 Å². The van der Waals surface area contributed by atoms with Gasteiger partial charge in [-0.05, 0) is 12.8 Å². The first-order valence-corrected chi connectivity index (χ1v) is 7.37. The van der Waals surface area contributed by atoms with E-state index in [2.05, 4.69) is 10.3 Å². The van der Waals surface area contributed by atoms with Crippen LogP contribution in [-0.2, 0) is 11.3 Å². The summed E-state index contributed by atoms with van der Waals surface area (Å²) in [4.78, 5) is 27.9. The molecular formula is C13H20N6O2. The Morgan fingerprint density at radius 1 is 1.19 bits per heavy atom. The average Bonchev–Trinajstić information content (AvgIpc) is 3.26. The molecule has 8 nitrogen and oxygen atoms in total. The van der Waals surface area contributed by atoms with E-state index in [1.807, 2.05) is 4.90 Å². The number of nitrogens with two attached hydrogens (primary N) is 1. The number of aromatic nitrogens is 3. The minimum absolute atomic E-state index is 0.128. The van der Waals surface area contributed by atoms with Crippen LogP contribution in [0.15, 0.2) is 6.20 Å². The van der Waals surface area contributed by atoms with Gasteiger partial charge in [0, 0.05) is 38.6 Å². The molecule has 2 heterocycles. The van der Waals surface area contributed by atoms with E-state index in [1.165, 1.54) is 0 Å². The first kappa shape index (κ1) is 14.0. The highest BCUT2D eigenvalue weighted by molar-refractivity contribution is 5.92. The van der Waals surface area contributed by atoms with Gasteiger partial charge in [0.25, 0.3) is 5.91 Å². The summed E-state index contributed by atoms with van der Waals surface area (Å²) in [6, 6.07) is 0. The molecule has 0 spiro atoms. The number of carbonyl (C=O) groups is 2. The SMILES string of the molecule is NCCn1cc(C(=O)N2CCN(C(=O)C3CC3)CC2)nn1. The smallest absolute Gasteiger partial charge is 0.276 e. The van der Waals surface area contributed by atoms with Gasteiger partial charge in [-0.2, -0.15) is 0 Å². The molecular weight excluding hydrogens is 272 g/mol. The van der Waals surface area contributed by atoms with Crippen LogP contribution in [0, 0.1) is 5.92 Å². The fraction of sp³-hybridized carbons (Fsp3) is 0.692. The molecule has 2 amide bonds. The third-order valence-electron chi connectivity index (χ3n) is 3.92. The predicted molar refractivity (Wildman–Crippen MR) is 74.3 cm³/mol. The third-order valence-corrected chi connectivity index (χ3v) is 3.92. The highest BCUT2D eigenvalue weighted by Crippen LogP contribution is 2.31. The Balaban J connectivity index is 1.55. The van der Waals surface area contributed by atoms with Gasteiger partial charge >= 0.3 is 0 Å². The van der Waals surface area contributed by atoms with Crippen molar-refractivity contribution in [2.45, 2.75) is 19.4 Å². The lowest BCUT2D eigenvalue weighted by Gasteiger charge is -2.34. The molecule has 0 unspecified atom stereocenters. The number of rotatable bonds is 4. The molecule has 1 aromatic rings. The number of carbonyl (C=O) groups excluding carboxylic acids is 2. The van der Waals surface area contributed by atoms with Gasteiger partial charge in [0.1, 0.15) is 0 Å². The van der Waals surface area contributed by atoms with E-state index in [0.29, 0.717) is 45.0 Å². The summed E-state index contributed by atoms with van der Waals surface area (Å²) in [7, 11) is 0. The molecule has 3 rings (SSSR count). The second kappa shape index (κ2) is 5.80. The molecule has 1 aliphatic heterocycles. The molecule has 2 fully saturated rings. The number of nitrogens with zero attached hydrogens (tertiary/aromatic N) is 5. The van der Waals surface area contributed by atoms with E-state index in [1.54, 1.807) is 15.8 Å². The fourth-order valence-electron chi connectivity index (χ4n) is 2.52. The van der Waals surface area contributed by atoms with Crippen LogP contribution in [0.1, 0.15) is 23.3 Å². The first-order valence-electron chi connectivity index (χ1n) is 7.37. The molecule has 1 saturated carbocycles. The van der Waals surface area contributed by atoms with Gasteiger partial charge in [0.2, 0.25) is 5.91 Å². The zero-order chi connectivity index (χ0) is 14.8. The van der Waals surface area contributed by atoms with E-state index in [0.717, 1.165) is 12.8 Å². The largest absolute Gasteiger partial charge is 0.339 e. The highest BCUT2D eigenvalue weighted by Gasteiger charge is 2.35. The van der Waals surface area contributed by atoms with Crippen LogP contribution in [0.5, 0.6) is 0 Å². The molecule has 1 saturated heterocycles. The Kier molecular flexibility index (Phi) is 3.87. The molecule has 0 radical (unpaired) electrons. The lowest BCUT2D eigenvalue weighted by atomic mass is 10.2. The maximum Gasteiger partial charge on any atom is 0.276 e. The predicted octanol–water partition coefficient (Wildman–Crippen LogP) is -1.07. The van der Waals surface area contributed by atoms with E-state index < -0.39 is 0 Å². The molecule has 2 N–H and O–H groups in total. The van der Waals surface area contributed by atoms with Crippen molar-refractivity contribution >= 4 is 11.8 Å². The van der Waals surface area contributed by atoms with Crippen LogP contribution in [0.25, 0.3) is 0 Å². The molecule has 2 aliphatic rings. The van der Waals surface area contributed by atoms with Crippen LogP contribution in [-0.4, -0.2) is 69.3 Å². The Bertz CT molecular complexity index is 531. The number of hydrogen-bond donors (Lipinski definition) is 1. The van der Waals surface area contributed by atoms with Gasteiger partial charge in [-0.15, -0.1) is 5.10 Å². The Hall–Kier alpha value is -1.96. The monoisotopic (exact) mass is 292 g/mol. The zero-order valence-electron chi connectivity index (χ0n) is 11.9. The summed E-state index contributed by atoms with van der Waals surface area (Å²) in [6.45, 7) is 3.33. The summed E-state index contributed by atoms with van der Waals surface area (Å²) in [5, 5.41) is 7.76. The molecule has 0 bridgehead atoms. The number of amides is 2. The van der Waals surface area contributed by atoms with E-state index >= 15 is 0 Å². The summed E-state index contributed by atoms with van der Waals surface area (Å²) in [5.74, 6) is 0.358. The minimum atomic E-state index is -0.128. The standard InChI is InChI=1S/C13H20N6O2/c14-3-4-19-9-11(15-16-19)13(21)18-7-5-17(6-8-18)12(20)10-1-2-10/h9-10H,1-8,14H2. The van der Waals surface area contributed by atoms with Crippen LogP contribution in [0.3, 0.4) is 0 Å². The van der Waals surface area contributed by atoms with Crippen molar-refractivity contribution in [1.29, 1.82) is 0 Å². The highest BCUT2D eigenvalue weighted by atomic mass is 16.2. The lowest BCUT2D eigenvalue weighted by Crippen LogP contribution is -2.51. The van der Waals surface area contributed by atoms with Crippen molar-refractivity contribution in [1.82, 2.24) is 24.8 Å². The van der Waals surface area contributed by atoms with Gasteiger partial charge in [0.15, 0.2) is 5.69 Å². The Labute approximate surface area is 122 Å². The van der Waals surface area contributed by atoms with Crippen molar-refractivity contribution in [3.8, 4) is 0 Å². The van der Waals surface area contributed by atoms with Crippen molar-refractivity contribution in [2.24, 2.45) is 11.7 Å². The fourth-order valence-corrected chi connectivity index (χ4v) is 2.52. The van der Waals surface area contributed by atoms with Crippen molar-refractivity contribution in [2.75, 3.05) is 32.7 Å². The Morgan fingerprint density at radius 3 is 2.48 bits per heavy atom. The van der Waals surface area contributed by atoms with E-state index in [4.69, 9.17) is 5.73 Å². The first-order chi connectivity index (χ1) is 10.2. The summed E-state index contributed by atoms with van der Waals surface area (Å²) >= 11 is 0. The van der Waals surface area contributed by atoms with Gasteiger partial charge in [-0.25, -0.2) is 0 Å². The average molecular weight is 292 g/mol. The van der Waals surface area contributed by atoms with Crippen molar-refractivity contribution in [3.05, 3.63) is 11.9 Å².